The number of hydrogen-bond acceptors (Lipinski definition) is 7. The van der Waals surface area contributed by atoms with Gasteiger partial charge in [0, 0.05) is 31.9 Å². The molecular weight excluding hydrogens is 514 g/mol. The number of hydrogen-bond donors (Lipinski definition) is 2. The number of ether oxygens (including phenoxy) is 1. The molecule has 1 aromatic rings. The molecule has 0 atom stereocenters. The lowest BCUT2D eigenvalue weighted by molar-refractivity contribution is -0.253. The minimum Gasteiger partial charge on any atom is -0.428 e. The van der Waals surface area contributed by atoms with E-state index in [2.05, 4.69) is 4.74 Å². The lowest BCUT2D eigenvalue weighted by Gasteiger charge is -2.42. The van der Waals surface area contributed by atoms with Crippen molar-refractivity contribution in [2.75, 3.05) is 42.6 Å². The van der Waals surface area contributed by atoms with Crippen LogP contribution < -0.4 is 15.1 Å². The van der Waals surface area contributed by atoms with Gasteiger partial charge in [-0.2, -0.15) is 33.6 Å². The Bertz CT molecular complexity index is 910. The summed E-state index contributed by atoms with van der Waals surface area (Å²) >= 11 is 1.54. The molecule has 1 amide bonds. The number of amides is 1. The van der Waals surface area contributed by atoms with E-state index < -0.39 is 39.0 Å². The first kappa shape index (κ1) is 27.8. The van der Waals surface area contributed by atoms with Crippen molar-refractivity contribution in [3.8, 4) is 5.75 Å². The highest BCUT2D eigenvalue weighted by atomic mass is 35.5. The molecule has 0 aliphatic carbocycles. The van der Waals surface area contributed by atoms with Crippen LogP contribution in [0.2, 0.25) is 0 Å². The van der Waals surface area contributed by atoms with E-state index in [-0.39, 0.29) is 51.4 Å². The Labute approximate surface area is 199 Å². The number of benzene rings is 1. The van der Waals surface area contributed by atoms with Gasteiger partial charge in [0.05, 0.1) is 0 Å². The molecule has 0 bridgehead atoms. The van der Waals surface area contributed by atoms with Crippen molar-refractivity contribution in [1.29, 1.82) is 0 Å². The van der Waals surface area contributed by atoms with Gasteiger partial charge in [-0.15, -0.1) is 12.4 Å². The summed E-state index contributed by atoms with van der Waals surface area (Å²) in [6, 6.07) is 5.10. The van der Waals surface area contributed by atoms with E-state index in [1.54, 1.807) is 4.90 Å². The number of sulfonamides is 1. The van der Waals surface area contributed by atoms with E-state index in [1.165, 1.54) is 33.7 Å². The Balaban J connectivity index is 0.00000385. The summed E-state index contributed by atoms with van der Waals surface area (Å²) in [5, 5.41) is 9.13. The third-order valence-electron chi connectivity index (χ3n) is 5.60. The van der Waals surface area contributed by atoms with Gasteiger partial charge in [0.25, 0.3) is 5.91 Å². The van der Waals surface area contributed by atoms with Gasteiger partial charge < -0.3 is 9.64 Å². The summed E-state index contributed by atoms with van der Waals surface area (Å²) in [7, 11) is -4.05. The van der Waals surface area contributed by atoms with Crippen molar-refractivity contribution < 1.29 is 40.7 Å². The van der Waals surface area contributed by atoms with Crippen LogP contribution in [0.1, 0.15) is 12.8 Å². The fourth-order valence-electron chi connectivity index (χ4n) is 3.77. The Morgan fingerprint density at radius 1 is 1.12 bits per heavy atom. The summed E-state index contributed by atoms with van der Waals surface area (Å²) < 4.78 is 80.7. The molecule has 8 nitrogen and oxygen atoms in total. The third-order valence-corrected chi connectivity index (χ3v) is 9.21. The first-order chi connectivity index (χ1) is 15.0. The molecule has 188 valence electrons. The predicted molar refractivity (Wildman–Crippen MR) is 117 cm³/mol. The van der Waals surface area contributed by atoms with Crippen molar-refractivity contribution in [1.82, 2.24) is 9.79 Å². The molecule has 3 rings (SSSR count). The first-order valence-corrected chi connectivity index (χ1v) is 12.3. The van der Waals surface area contributed by atoms with Gasteiger partial charge in [-0.3, -0.25) is 10.0 Å². The monoisotopic (exact) mass is 537 g/mol. The molecule has 33 heavy (non-hydrogen) atoms. The molecule has 2 fully saturated rings. The minimum atomic E-state index is -4.60. The van der Waals surface area contributed by atoms with Crippen LogP contribution in [0.3, 0.4) is 0 Å². The number of nitrogens with zero attached hydrogens (tertiary/aromatic N) is 2. The highest BCUT2D eigenvalue weighted by Gasteiger charge is 2.54. The molecule has 2 saturated heterocycles. The van der Waals surface area contributed by atoms with Crippen LogP contribution in [-0.2, 0) is 14.8 Å². The van der Waals surface area contributed by atoms with Gasteiger partial charge in [-0.05, 0) is 48.6 Å². The molecule has 15 heteroatoms. The van der Waals surface area contributed by atoms with Gasteiger partial charge in [0.15, 0.2) is 4.75 Å². The quantitative estimate of drug-likeness (QED) is 0.313. The van der Waals surface area contributed by atoms with Crippen molar-refractivity contribution >= 4 is 45.8 Å². The minimum absolute atomic E-state index is 0. The average molecular weight is 538 g/mol. The summed E-state index contributed by atoms with van der Waals surface area (Å²) in [4.78, 5) is 14.1. The highest BCUT2D eigenvalue weighted by Crippen LogP contribution is 2.37. The van der Waals surface area contributed by atoms with Crippen LogP contribution in [0.4, 0.5) is 23.2 Å². The molecule has 2 aliphatic heterocycles. The highest BCUT2D eigenvalue weighted by molar-refractivity contribution is 7.99. The molecular formula is C18H24ClF4N3O5S2. The second-order valence-corrected chi connectivity index (χ2v) is 10.9. The molecule has 0 unspecified atom stereocenters. The molecule has 1 aromatic carbocycles. The molecule has 0 spiro atoms. The third kappa shape index (κ3) is 5.61. The van der Waals surface area contributed by atoms with Gasteiger partial charge in [0.2, 0.25) is 10.0 Å². The number of halogens is 5. The Morgan fingerprint density at radius 2 is 1.67 bits per heavy atom. The fraction of sp³-hybridized carbons (Fsp3) is 0.611. The predicted octanol–water partition coefficient (Wildman–Crippen LogP) is 2.57. The molecule has 0 aromatic heterocycles. The zero-order chi connectivity index (χ0) is 23.6. The van der Waals surface area contributed by atoms with Crippen LogP contribution in [0.15, 0.2) is 24.3 Å². The topological polar surface area (TPSA) is 99.2 Å². The number of thioether (sulfide) groups is 1. The fourth-order valence-corrected chi connectivity index (χ4v) is 7.35. The van der Waals surface area contributed by atoms with E-state index in [0.29, 0.717) is 17.2 Å². The number of alkyl halides is 4. The van der Waals surface area contributed by atoms with Crippen LogP contribution in [0.5, 0.6) is 5.75 Å². The summed E-state index contributed by atoms with van der Waals surface area (Å²) in [6.07, 6.45) is -8.37. The summed E-state index contributed by atoms with van der Waals surface area (Å²) in [5.41, 5.74) is 2.08. The molecule has 2 N–H and O–H groups in total. The standard InChI is InChI=1S/C18H23F4N3O5S2.ClH/c19-15(20)18(21,22)30-14-3-1-13(2-4-14)24-7-9-25(10-8-24)32(28,29)17(16(26)23-27)5-11-31-12-6-17;/h1-4,15,27H,5-12H2,(H,23,26);1H. The van der Waals surface area contributed by atoms with Crippen molar-refractivity contribution in [3.63, 3.8) is 0 Å². The van der Waals surface area contributed by atoms with Crippen LogP contribution >= 0.6 is 24.2 Å². The van der Waals surface area contributed by atoms with E-state index in [9.17, 15) is 30.8 Å². The number of piperazine rings is 1. The Kier molecular flexibility index (Phi) is 9.12. The Hall–Kier alpha value is -1.48. The van der Waals surface area contributed by atoms with Gasteiger partial charge in [-0.25, -0.2) is 13.9 Å². The van der Waals surface area contributed by atoms with Gasteiger partial charge >= 0.3 is 12.5 Å². The molecule has 2 aliphatic rings. The summed E-state index contributed by atoms with van der Waals surface area (Å²) in [5.74, 6) is -0.402. The number of carbonyl (C=O) groups excluding carboxylic acids is 1. The zero-order valence-electron chi connectivity index (χ0n) is 17.3. The second kappa shape index (κ2) is 10.8. The van der Waals surface area contributed by atoms with Crippen LogP contribution in [0, 0.1) is 0 Å². The van der Waals surface area contributed by atoms with E-state index >= 15 is 0 Å². The number of carbonyl (C=O) groups is 1. The largest absolute Gasteiger partial charge is 0.461 e. The molecule has 0 saturated carbocycles. The van der Waals surface area contributed by atoms with Crippen molar-refractivity contribution in [2.45, 2.75) is 30.1 Å². The van der Waals surface area contributed by atoms with Crippen molar-refractivity contribution in [2.24, 2.45) is 0 Å². The molecule has 0 radical (unpaired) electrons. The maximum Gasteiger partial charge on any atom is 0.461 e. The van der Waals surface area contributed by atoms with E-state index in [4.69, 9.17) is 5.21 Å². The maximum atomic E-state index is 13.3. The van der Waals surface area contributed by atoms with E-state index in [0.717, 1.165) is 12.1 Å². The van der Waals surface area contributed by atoms with Crippen LogP contribution in [0.25, 0.3) is 0 Å². The SMILES string of the molecule is Cl.O=C(NO)C1(S(=O)(=O)N2CCN(c3ccc(OC(F)(F)C(F)F)cc3)CC2)CCSCC1. The Morgan fingerprint density at radius 3 is 2.15 bits per heavy atom. The molecule has 2 heterocycles. The zero-order valence-corrected chi connectivity index (χ0v) is 19.7. The second-order valence-electron chi connectivity index (χ2n) is 7.40. The van der Waals surface area contributed by atoms with Gasteiger partial charge in [0.1, 0.15) is 5.75 Å². The van der Waals surface area contributed by atoms with Gasteiger partial charge in [-0.1, -0.05) is 0 Å². The normalized spacial score (nSPS) is 19.6. The van der Waals surface area contributed by atoms with Crippen LogP contribution in [-0.4, -0.2) is 78.8 Å². The average Bonchev–Trinajstić information content (AvgIpc) is 2.79. The maximum absolute atomic E-state index is 13.3. The van der Waals surface area contributed by atoms with E-state index in [1.807, 2.05) is 0 Å². The number of anilines is 1. The smallest absolute Gasteiger partial charge is 0.428 e. The number of nitrogens with one attached hydrogen (secondary N) is 1. The first-order valence-electron chi connectivity index (χ1n) is 9.75. The number of rotatable bonds is 7. The lowest BCUT2D eigenvalue weighted by atomic mass is 10.0. The lowest BCUT2D eigenvalue weighted by Crippen LogP contribution is -2.61. The number of hydroxylamine groups is 1. The summed E-state index contributed by atoms with van der Waals surface area (Å²) in [6.45, 7) is 0.686. The van der Waals surface area contributed by atoms with Crippen molar-refractivity contribution in [3.05, 3.63) is 24.3 Å².